The van der Waals surface area contributed by atoms with E-state index in [0.717, 1.165) is 11.3 Å². The van der Waals surface area contributed by atoms with E-state index in [0.29, 0.717) is 0 Å². The molecule has 1 unspecified atom stereocenters. The van der Waals surface area contributed by atoms with Crippen molar-refractivity contribution in [1.82, 2.24) is 9.78 Å². The van der Waals surface area contributed by atoms with Gasteiger partial charge in [0.25, 0.3) is 0 Å². The molecule has 88 valence electrons. The van der Waals surface area contributed by atoms with Gasteiger partial charge in [0, 0.05) is 13.0 Å². The number of aryl methyl sites for hydroxylation is 1. The third-order valence-corrected chi connectivity index (χ3v) is 2.92. The summed E-state index contributed by atoms with van der Waals surface area (Å²) in [6.45, 7) is 1.98. The molecule has 2 aromatic rings. The van der Waals surface area contributed by atoms with Crippen LogP contribution in [0.2, 0.25) is 0 Å². The van der Waals surface area contributed by atoms with Crippen molar-refractivity contribution in [2.24, 2.45) is 7.05 Å². The molecular formula is C13H14N2O2. The summed E-state index contributed by atoms with van der Waals surface area (Å²) in [4.78, 5) is 11.1. The van der Waals surface area contributed by atoms with Gasteiger partial charge >= 0.3 is 5.97 Å². The maximum Gasteiger partial charge on any atom is 0.339 e. The highest BCUT2D eigenvalue weighted by atomic mass is 16.4. The van der Waals surface area contributed by atoms with Crippen LogP contribution < -0.4 is 0 Å². The maximum atomic E-state index is 11.1. The van der Waals surface area contributed by atoms with Gasteiger partial charge in [-0.25, -0.2) is 4.79 Å². The molecule has 0 saturated heterocycles. The summed E-state index contributed by atoms with van der Waals surface area (Å²) < 4.78 is 1.63. The Hall–Kier alpha value is -2.10. The Kier molecular flexibility index (Phi) is 2.95. The summed E-state index contributed by atoms with van der Waals surface area (Å²) in [7, 11) is 1.77. The predicted octanol–water partition coefficient (Wildman–Crippen LogP) is 2.27. The van der Waals surface area contributed by atoms with E-state index >= 15 is 0 Å². The normalized spacial score (nSPS) is 12.4. The summed E-state index contributed by atoms with van der Waals surface area (Å²) in [5.41, 5.74) is 2.08. The van der Waals surface area contributed by atoms with Crippen LogP contribution in [0.25, 0.3) is 0 Å². The lowest BCUT2D eigenvalue weighted by Gasteiger charge is -2.13. The molecule has 4 heteroatoms. The minimum Gasteiger partial charge on any atom is -0.478 e. The van der Waals surface area contributed by atoms with Crippen molar-refractivity contribution >= 4 is 5.97 Å². The van der Waals surface area contributed by atoms with Gasteiger partial charge < -0.3 is 5.11 Å². The monoisotopic (exact) mass is 230 g/mol. The number of aromatic carboxylic acids is 1. The topological polar surface area (TPSA) is 55.1 Å². The second kappa shape index (κ2) is 4.41. The number of hydrogen-bond acceptors (Lipinski definition) is 2. The highest BCUT2D eigenvalue weighted by Gasteiger charge is 2.21. The number of benzene rings is 1. The molecule has 0 radical (unpaired) electrons. The zero-order chi connectivity index (χ0) is 12.4. The molecule has 1 N–H and O–H groups in total. The van der Waals surface area contributed by atoms with Crippen molar-refractivity contribution in [2.45, 2.75) is 12.8 Å². The second-order valence-corrected chi connectivity index (χ2v) is 4.00. The van der Waals surface area contributed by atoms with Crippen molar-refractivity contribution < 1.29 is 9.90 Å². The molecule has 0 spiro atoms. The fraction of sp³-hybridized carbons (Fsp3) is 0.231. The van der Waals surface area contributed by atoms with Gasteiger partial charge in [0.1, 0.15) is 5.56 Å². The van der Waals surface area contributed by atoms with E-state index in [9.17, 15) is 4.79 Å². The molecule has 17 heavy (non-hydrogen) atoms. The Bertz CT molecular complexity index is 532. The summed E-state index contributed by atoms with van der Waals surface area (Å²) in [5.74, 6) is -0.925. The van der Waals surface area contributed by atoms with Gasteiger partial charge in [0.2, 0.25) is 0 Å². The lowest BCUT2D eigenvalue weighted by molar-refractivity contribution is 0.0695. The largest absolute Gasteiger partial charge is 0.478 e. The van der Waals surface area contributed by atoms with Crippen molar-refractivity contribution in [3.05, 3.63) is 53.3 Å². The molecule has 2 rings (SSSR count). The fourth-order valence-corrected chi connectivity index (χ4v) is 2.02. The van der Waals surface area contributed by atoms with Crippen LogP contribution >= 0.6 is 0 Å². The van der Waals surface area contributed by atoms with E-state index in [1.54, 1.807) is 11.7 Å². The number of carbonyl (C=O) groups is 1. The SMILES string of the molecule is CC(c1ccccc1)c1c(C(=O)O)cnn1C. The first kappa shape index (κ1) is 11.4. The minimum absolute atomic E-state index is 0.00907. The molecule has 1 aromatic heterocycles. The Labute approximate surface area is 99.5 Å². The number of hydrogen-bond donors (Lipinski definition) is 1. The van der Waals surface area contributed by atoms with Crippen LogP contribution in [0.1, 0.15) is 34.5 Å². The molecule has 0 amide bonds. The van der Waals surface area contributed by atoms with Gasteiger partial charge in [0.05, 0.1) is 11.9 Å². The molecule has 1 aromatic carbocycles. The Balaban J connectivity index is 2.47. The summed E-state index contributed by atoms with van der Waals surface area (Å²) in [6.07, 6.45) is 1.40. The average Bonchev–Trinajstić information content (AvgIpc) is 2.71. The lowest BCUT2D eigenvalue weighted by atomic mass is 9.95. The molecule has 1 atom stereocenters. The van der Waals surface area contributed by atoms with Crippen LogP contribution in [0.5, 0.6) is 0 Å². The molecule has 0 saturated carbocycles. The van der Waals surface area contributed by atoms with E-state index < -0.39 is 5.97 Å². The van der Waals surface area contributed by atoms with E-state index in [-0.39, 0.29) is 11.5 Å². The van der Waals surface area contributed by atoms with Gasteiger partial charge in [0.15, 0.2) is 0 Å². The van der Waals surface area contributed by atoms with Crippen LogP contribution in [0, 0.1) is 0 Å². The Morgan fingerprint density at radius 2 is 2.00 bits per heavy atom. The Morgan fingerprint density at radius 3 is 2.59 bits per heavy atom. The first-order valence-corrected chi connectivity index (χ1v) is 5.41. The molecule has 4 nitrogen and oxygen atoms in total. The first-order valence-electron chi connectivity index (χ1n) is 5.41. The predicted molar refractivity (Wildman–Crippen MR) is 64.1 cm³/mol. The van der Waals surface area contributed by atoms with Crippen LogP contribution in [0.4, 0.5) is 0 Å². The highest BCUT2D eigenvalue weighted by Crippen LogP contribution is 2.26. The van der Waals surface area contributed by atoms with Crippen molar-refractivity contribution in [3.63, 3.8) is 0 Å². The van der Waals surface area contributed by atoms with Gasteiger partial charge in [-0.2, -0.15) is 5.10 Å². The summed E-state index contributed by atoms with van der Waals surface area (Å²) >= 11 is 0. The fourth-order valence-electron chi connectivity index (χ4n) is 2.02. The Morgan fingerprint density at radius 1 is 1.35 bits per heavy atom. The minimum atomic E-state index is -0.934. The number of aromatic nitrogens is 2. The van der Waals surface area contributed by atoms with Crippen molar-refractivity contribution in [1.29, 1.82) is 0 Å². The number of carboxylic acids is 1. The number of nitrogens with zero attached hydrogens (tertiary/aromatic N) is 2. The quantitative estimate of drug-likeness (QED) is 0.880. The molecule has 0 aliphatic heterocycles. The number of rotatable bonds is 3. The molecule has 0 bridgehead atoms. The molecule has 0 fully saturated rings. The van der Waals surface area contributed by atoms with Crippen LogP contribution in [-0.4, -0.2) is 20.9 Å². The van der Waals surface area contributed by atoms with E-state index in [1.165, 1.54) is 6.20 Å². The van der Waals surface area contributed by atoms with E-state index in [1.807, 2.05) is 37.3 Å². The van der Waals surface area contributed by atoms with Crippen LogP contribution in [0.15, 0.2) is 36.5 Å². The second-order valence-electron chi connectivity index (χ2n) is 4.00. The standard InChI is InChI=1S/C13H14N2O2/c1-9(10-6-4-3-5-7-10)12-11(13(16)17)8-14-15(12)2/h3-9H,1-2H3,(H,16,17). The molecule has 0 aliphatic rings. The summed E-state index contributed by atoms with van der Waals surface area (Å²) in [6, 6.07) is 9.81. The van der Waals surface area contributed by atoms with Gasteiger partial charge in [-0.1, -0.05) is 37.3 Å². The van der Waals surface area contributed by atoms with Crippen molar-refractivity contribution in [3.8, 4) is 0 Å². The smallest absolute Gasteiger partial charge is 0.339 e. The van der Waals surface area contributed by atoms with E-state index in [4.69, 9.17) is 5.11 Å². The van der Waals surface area contributed by atoms with Gasteiger partial charge in [-0.05, 0) is 5.56 Å². The average molecular weight is 230 g/mol. The van der Waals surface area contributed by atoms with Gasteiger partial charge in [-0.3, -0.25) is 4.68 Å². The zero-order valence-electron chi connectivity index (χ0n) is 9.79. The zero-order valence-corrected chi connectivity index (χ0v) is 9.79. The first-order chi connectivity index (χ1) is 8.11. The van der Waals surface area contributed by atoms with Crippen molar-refractivity contribution in [2.75, 3.05) is 0 Å². The van der Waals surface area contributed by atoms with Crippen LogP contribution in [0.3, 0.4) is 0 Å². The molecular weight excluding hydrogens is 216 g/mol. The van der Waals surface area contributed by atoms with E-state index in [2.05, 4.69) is 5.10 Å². The van der Waals surface area contributed by atoms with Crippen LogP contribution in [-0.2, 0) is 7.05 Å². The third kappa shape index (κ3) is 2.06. The highest BCUT2D eigenvalue weighted by molar-refractivity contribution is 5.89. The lowest BCUT2D eigenvalue weighted by Crippen LogP contribution is -2.09. The third-order valence-electron chi connectivity index (χ3n) is 2.92. The maximum absolute atomic E-state index is 11.1. The molecule has 1 heterocycles. The van der Waals surface area contributed by atoms with Gasteiger partial charge in [-0.15, -0.1) is 0 Å². The summed E-state index contributed by atoms with van der Waals surface area (Å²) in [5, 5.41) is 13.1. The number of carboxylic acid groups (broad SMARTS) is 1. The molecule has 0 aliphatic carbocycles.